The topological polar surface area (TPSA) is 46.9 Å². The summed E-state index contributed by atoms with van der Waals surface area (Å²) in [5, 5.41) is 9.17. The molecule has 0 unspecified atom stereocenters. The van der Waals surface area contributed by atoms with Gasteiger partial charge in [0.05, 0.1) is 26.1 Å². The molecule has 22 heavy (non-hydrogen) atoms. The SMILES string of the molecule is CSc1cnn(-c2ccccc2)c1NC(=O)c1csc(Br)c1. The highest BCUT2D eigenvalue weighted by molar-refractivity contribution is 9.11. The van der Waals surface area contributed by atoms with E-state index < -0.39 is 0 Å². The Labute approximate surface area is 144 Å². The molecule has 0 bridgehead atoms. The summed E-state index contributed by atoms with van der Waals surface area (Å²) in [6, 6.07) is 11.5. The van der Waals surface area contributed by atoms with Crippen molar-refractivity contribution in [3.05, 3.63) is 57.3 Å². The number of benzene rings is 1. The predicted molar refractivity (Wildman–Crippen MR) is 95.3 cm³/mol. The van der Waals surface area contributed by atoms with Crippen molar-refractivity contribution < 1.29 is 4.79 Å². The summed E-state index contributed by atoms with van der Waals surface area (Å²) in [5.41, 5.74) is 1.54. The Morgan fingerprint density at radius 2 is 2.14 bits per heavy atom. The van der Waals surface area contributed by atoms with Gasteiger partial charge in [-0.15, -0.1) is 23.1 Å². The fourth-order valence-corrected chi connectivity index (χ4v) is 3.59. The molecule has 112 valence electrons. The molecule has 0 saturated carbocycles. The number of nitrogens with zero attached hydrogens (tertiary/aromatic N) is 2. The second kappa shape index (κ2) is 6.68. The molecule has 0 spiro atoms. The third-order valence-corrected chi connectivity index (χ3v) is 5.26. The van der Waals surface area contributed by atoms with Gasteiger partial charge in [-0.2, -0.15) is 5.10 Å². The minimum Gasteiger partial charge on any atom is -0.305 e. The van der Waals surface area contributed by atoms with Crippen molar-refractivity contribution in [3.8, 4) is 5.69 Å². The number of rotatable bonds is 4. The van der Waals surface area contributed by atoms with E-state index in [4.69, 9.17) is 0 Å². The lowest BCUT2D eigenvalue weighted by molar-refractivity contribution is 0.102. The summed E-state index contributed by atoms with van der Waals surface area (Å²) in [6.45, 7) is 0. The molecule has 0 aliphatic heterocycles. The number of halogens is 1. The lowest BCUT2D eigenvalue weighted by atomic mass is 10.3. The Hall–Kier alpha value is -1.57. The Kier molecular flexibility index (Phi) is 4.66. The second-order valence-corrected chi connectivity index (χ2v) is 7.54. The molecule has 1 amide bonds. The van der Waals surface area contributed by atoms with Gasteiger partial charge in [-0.3, -0.25) is 4.79 Å². The van der Waals surface area contributed by atoms with Crippen LogP contribution in [-0.4, -0.2) is 21.9 Å². The molecule has 0 fully saturated rings. The van der Waals surface area contributed by atoms with Crippen LogP contribution in [0.15, 0.2) is 56.7 Å². The average molecular weight is 394 g/mol. The van der Waals surface area contributed by atoms with Crippen molar-refractivity contribution >= 4 is 50.8 Å². The van der Waals surface area contributed by atoms with Crippen LogP contribution in [-0.2, 0) is 0 Å². The number of anilines is 1. The molecule has 1 N–H and O–H groups in total. The zero-order valence-electron chi connectivity index (χ0n) is 11.6. The van der Waals surface area contributed by atoms with Crippen molar-refractivity contribution in [1.29, 1.82) is 0 Å². The van der Waals surface area contributed by atoms with E-state index in [1.54, 1.807) is 22.6 Å². The van der Waals surface area contributed by atoms with E-state index >= 15 is 0 Å². The average Bonchev–Trinajstić information content (AvgIpc) is 3.14. The van der Waals surface area contributed by atoms with Gasteiger partial charge in [0.25, 0.3) is 5.91 Å². The Bertz CT molecular complexity index is 798. The van der Waals surface area contributed by atoms with Crippen molar-refractivity contribution in [2.45, 2.75) is 4.90 Å². The molecular weight excluding hydrogens is 382 g/mol. The Balaban J connectivity index is 1.95. The zero-order chi connectivity index (χ0) is 15.5. The molecule has 3 aromatic rings. The first-order valence-electron chi connectivity index (χ1n) is 6.42. The summed E-state index contributed by atoms with van der Waals surface area (Å²) in [4.78, 5) is 13.3. The van der Waals surface area contributed by atoms with Crippen molar-refractivity contribution in [2.75, 3.05) is 11.6 Å². The van der Waals surface area contributed by atoms with Gasteiger partial charge in [-0.25, -0.2) is 4.68 Å². The molecule has 0 atom stereocenters. The molecular formula is C15H12BrN3OS2. The van der Waals surface area contributed by atoms with E-state index in [-0.39, 0.29) is 5.91 Å². The number of nitrogens with one attached hydrogen (secondary N) is 1. The molecule has 0 aliphatic rings. The quantitative estimate of drug-likeness (QED) is 0.655. The number of carbonyl (C=O) groups is 1. The van der Waals surface area contributed by atoms with E-state index in [1.807, 2.05) is 48.0 Å². The van der Waals surface area contributed by atoms with Gasteiger partial charge >= 0.3 is 0 Å². The number of aromatic nitrogens is 2. The van der Waals surface area contributed by atoms with Crippen molar-refractivity contribution in [3.63, 3.8) is 0 Å². The number of carbonyl (C=O) groups excluding carboxylic acids is 1. The van der Waals surface area contributed by atoms with Gasteiger partial charge in [-0.1, -0.05) is 18.2 Å². The van der Waals surface area contributed by atoms with Gasteiger partial charge < -0.3 is 5.32 Å². The molecule has 2 heterocycles. The first-order valence-corrected chi connectivity index (χ1v) is 9.31. The number of thiophene rings is 1. The molecule has 0 aliphatic carbocycles. The standard InChI is InChI=1S/C15H12BrN3OS2/c1-21-12-8-17-19(11-5-3-2-4-6-11)14(12)18-15(20)10-7-13(16)22-9-10/h2-9H,1H3,(H,18,20). The minimum atomic E-state index is -0.144. The fraction of sp³-hybridized carbons (Fsp3) is 0.0667. The van der Waals surface area contributed by atoms with Crippen LogP contribution in [0.4, 0.5) is 5.82 Å². The molecule has 4 nitrogen and oxygen atoms in total. The van der Waals surface area contributed by atoms with E-state index in [0.717, 1.165) is 14.4 Å². The number of thioether (sulfide) groups is 1. The highest BCUT2D eigenvalue weighted by Gasteiger charge is 2.16. The fourth-order valence-electron chi connectivity index (χ4n) is 1.97. The molecule has 0 saturated heterocycles. The number of amides is 1. The zero-order valence-corrected chi connectivity index (χ0v) is 14.8. The van der Waals surface area contributed by atoms with Gasteiger partial charge in [-0.05, 0) is 40.4 Å². The second-order valence-electron chi connectivity index (χ2n) is 4.40. The predicted octanol–water partition coefficient (Wildman–Crippen LogP) is 4.67. The maximum atomic E-state index is 12.4. The third kappa shape index (κ3) is 3.11. The number of para-hydroxylation sites is 1. The van der Waals surface area contributed by atoms with Crippen LogP contribution in [0.2, 0.25) is 0 Å². The van der Waals surface area contributed by atoms with Crippen LogP contribution < -0.4 is 5.32 Å². The molecule has 2 aromatic heterocycles. The monoisotopic (exact) mass is 393 g/mol. The molecule has 3 rings (SSSR count). The van der Waals surface area contributed by atoms with E-state index in [9.17, 15) is 4.79 Å². The first-order chi connectivity index (χ1) is 10.7. The van der Waals surface area contributed by atoms with Crippen LogP contribution in [0.3, 0.4) is 0 Å². The van der Waals surface area contributed by atoms with Crippen LogP contribution in [0, 0.1) is 0 Å². The smallest absolute Gasteiger partial charge is 0.257 e. The van der Waals surface area contributed by atoms with E-state index in [1.165, 1.54) is 11.3 Å². The summed E-state index contributed by atoms with van der Waals surface area (Å²) in [5.74, 6) is 0.543. The van der Waals surface area contributed by atoms with Crippen LogP contribution in [0.5, 0.6) is 0 Å². The third-order valence-electron chi connectivity index (χ3n) is 3.02. The Morgan fingerprint density at radius 1 is 1.36 bits per heavy atom. The largest absolute Gasteiger partial charge is 0.305 e. The summed E-state index contributed by atoms with van der Waals surface area (Å²) in [7, 11) is 0. The lowest BCUT2D eigenvalue weighted by Crippen LogP contribution is -2.15. The first kappa shape index (κ1) is 15.3. The van der Waals surface area contributed by atoms with Gasteiger partial charge in [0.15, 0.2) is 0 Å². The Morgan fingerprint density at radius 3 is 2.77 bits per heavy atom. The maximum absolute atomic E-state index is 12.4. The normalized spacial score (nSPS) is 10.6. The van der Waals surface area contributed by atoms with Crippen LogP contribution in [0.25, 0.3) is 5.69 Å². The summed E-state index contributed by atoms with van der Waals surface area (Å²) < 4.78 is 2.67. The minimum absolute atomic E-state index is 0.144. The summed E-state index contributed by atoms with van der Waals surface area (Å²) >= 11 is 6.41. The van der Waals surface area contributed by atoms with Crippen molar-refractivity contribution in [2.24, 2.45) is 0 Å². The van der Waals surface area contributed by atoms with Gasteiger partial charge in [0.2, 0.25) is 0 Å². The van der Waals surface area contributed by atoms with Gasteiger partial charge in [0.1, 0.15) is 5.82 Å². The van der Waals surface area contributed by atoms with Gasteiger partial charge in [0, 0.05) is 5.38 Å². The highest BCUT2D eigenvalue weighted by Crippen LogP contribution is 2.29. The van der Waals surface area contributed by atoms with Crippen LogP contribution in [0.1, 0.15) is 10.4 Å². The van der Waals surface area contributed by atoms with Crippen LogP contribution >= 0.6 is 39.0 Å². The summed E-state index contributed by atoms with van der Waals surface area (Å²) in [6.07, 6.45) is 3.72. The highest BCUT2D eigenvalue weighted by atomic mass is 79.9. The van der Waals surface area contributed by atoms with E-state index in [2.05, 4.69) is 26.3 Å². The lowest BCUT2D eigenvalue weighted by Gasteiger charge is -2.10. The van der Waals surface area contributed by atoms with E-state index in [0.29, 0.717) is 11.4 Å². The molecule has 7 heteroatoms. The van der Waals surface area contributed by atoms with Crippen molar-refractivity contribution in [1.82, 2.24) is 9.78 Å². The molecule has 0 radical (unpaired) electrons. The molecule has 1 aromatic carbocycles. The maximum Gasteiger partial charge on any atom is 0.257 e. The number of hydrogen-bond acceptors (Lipinski definition) is 4. The number of hydrogen-bond donors (Lipinski definition) is 1.